The highest BCUT2D eigenvalue weighted by Gasteiger charge is 2.39. The molecule has 23 heavy (non-hydrogen) atoms. The molecular formula is C16H14F3NOS2. The van der Waals surface area contributed by atoms with Gasteiger partial charge in [-0.25, -0.2) is 0 Å². The quantitative estimate of drug-likeness (QED) is 0.801. The molecule has 1 unspecified atom stereocenters. The molecule has 3 rings (SSSR count). The molecule has 1 saturated heterocycles. The van der Waals surface area contributed by atoms with Crippen molar-refractivity contribution >= 4 is 29.0 Å². The molecule has 2 aromatic rings. The molecule has 1 fully saturated rings. The van der Waals surface area contributed by atoms with E-state index in [-0.39, 0.29) is 17.9 Å². The summed E-state index contributed by atoms with van der Waals surface area (Å²) in [5.41, 5.74) is -0.490. The van der Waals surface area contributed by atoms with Crippen molar-refractivity contribution in [3.8, 4) is 0 Å². The minimum Gasteiger partial charge on any atom is -0.325 e. The number of nitrogens with zero attached hydrogens (tertiary/aromatic N) is 1. The van der Waals surface area contributed by atoms with Crippen LogP contribution in [0.4, 0.5) is 13.2 Å². The highest BCUT2D eigenvalue weighted by Crippen LogP contribution is 2.43. The van der Waals surface area contributed by atoms with Crippen molar-refractivity contribution in [1.29, 1.82) is 0 Å². The lowest BCUT2D eigenvalue weighted by Crippen LogP contribution is -2.32. The summed E-state index contributed by atoms with van der Waals surface area (Å²) in [6.07, 6.45) is -4.18. The molecule has 1 amide bonds. The van der Waals surface area contributed by atoms with Crippen LogP contribution < -0.4 is 0 Å². The molecule has 1 aliphatic heterocycles. The molecule has 2 nitrogen and oxygen atoms in total. The van der Waals surface area contributed by atoms with E-state index in [4.69, 9.17) is 0 Å². The Hall–Kier alpha value is -1.47. The molecule has 0 bridgehead atoms. The smallest absolute Gasteiger partial charge is 0.325 e. The third kappa shape index (κ3) is 3.55. The number of benzene rings is 1. The zero-order valence-electron chi connectivity index (χ0n) is 12.0. The lowest BCUT2D eigenvalue weighted by atomic mass is 10.1. The number of carbonyl (C=O) groups excluding carboxylic acids is 1. The molecule has 1 aliphatic rings. The lowest BCUT2D eigenvalue weighted by molar-refractivity contribution is -0.139. The van der Waals surface area contributed by atoms with E-state index in [2.05, 4.69) is 0 Å². The molecule has 0 N–H and O–H groups in total. The zero-order valence-corrected chi connectivity index (χ0v) is 13.7. The Balaban J connectivity index is 1.86. The Morgan fingerprint density at radius 2 is 2.00 bits per heavy atom. The normalized spacial score (nSPS) is 18.4. The van der Waals surface area contributed by atoms with Crippen molar-refractivity contribution in [3.05, 3.63) is 57.8 Å². The fourth-order valence-corrected chi connectivity index (χ4v) is 4.63. The van der Waals surface area contributed by atoms with Crippen LogP contribution in [0, 0.1) is 0 Å². The van der Waals surface area contributed by atoms with Gasteiger partial charge >= 0.3 is 6.18 Å². The zero-order chi connectivity index (χ0) is 16.4. The molecule has 2 heterocycles. The number of thioether (sulfide) groups is 1. The van der Waals surface area contributed by atoms with Gasteiger partial charge in [-0.05, 0) is 23.1 Å². The fraction of sp³-hybridized carbons (Fsp3) is 0.312. The van der Waals surface area contributed by atoms with E-state index in [0.717, 1.165) is 10.9 Å². The highest BCUT2D eigenvalue weighted by molar-refractivity contribution is 7.99. The SMILES string of the molecule is O=C(Cc1cccs1)N1CCSC1c1ccccc1C(F)(F)F. The number of rotatable bonds is 3. The standard InChI is InChI=1S/C16H14F3NOS2/c17-16(18,19)13-6-2-1-5-12(13)15-20(7-9-23-15)14(21)10-11-4-3-8-22-11/h1-6,8,15H,7,9-10H2. The number of thiophene rings is 1. The van der Waals surface area contributed by atoms with Crippen LogP contribution in [-0.2, 0) is 17.4 Å². The topological polar surface area (TPSA) is 20.3 Å². The summed E-state index contributed by atoms with van der Waals surface area (Å²) in [4.78, 5) is 15.0. The number of halogens is 3. The summed E-state index contributed by atoms with van der Waals surface area (Å²) in [5.74, 6) is 0.520. The van der Waals surface area contributed by atoms with Gasteiger partial charge in [0, 0.05) is 17.2 Å². The number of amides is 1. The molecule has 0 saturated carbocycles. The Bertz CT molecular complexity index is 685. The van der Waals surface area contributed by atoms with E-state index in [9.17, 15) is 18.0 Å². The van der Waals surface area contributed by atoms with Crippen molar-refractivity contribution in [3.63, 3.8) is 0 Å². The molecule has 1 atom stereocenters. The van der Waals surface area contributed by atoms with Gasteiger partial charge in [-0.1, -0.05) is 24.3 Å². The van der Waals surface area contributed by atoms with E-state index in [1.807, 2.05) is 17.5 Å². The van der Waals surface area contributed by atoms with E-state index in [1.165, 1.54) is 35.2 Å². The molecular weight excluding hydrogens is 343 g/mol. The van der Waals surface area contributed by atoms with Gasteiger partial charge in [0.25, 0.3) is 0 Å². The second kappa shape index (κ2) is 6.57. The predicted molar refractivity (Wildman–Crippen MR) is 86.4 cm³/mol. The molecule has 0 spiro atoms. The average Bonchev–Trinajstić information content (AvgIpc) is 3.17. The number of alkyl halides is 3. The van der Waals surface area contributed by atoms with Crippen LogP contribution in [0.5, 0.6) is 0 Å². The van der Waals surface area contributed by atoms with Crippen molar-refractivity contribution in [2.75, 3.05) is 12.3 Å². The van der Waals surface area contributed by atoms with Gasteiger partial charge in [0.05, 0.1) is 12.0 Å². The minimum atomic E-state index is -4.41. The van der Waals surface area contributed by atoms with Crippen LogP contribution in [0.25, 0.3) is 0 Å². The van der Waals surface area contributed by atoms with Crippen LogP contribution in [0.3, 0.4) is 0 Å². The number of hydrogen-bond donors (Lipinski definition) is 0. The van der Waals surface area contributed by atoms with E-state index < -0.39 is 17.1 Å². The van der Waals surface area contributed by atoms with Crippen molar-refractivity contribution in [2.24, 2.45) is 0 Å². The first-order valence-corrected chi connectivity index (χ1v) is 8.99. The summed E-state index contributed by atoms with van der Waals surface area (Å²) in [6.45, 7) is 0.478. The van der Waals surface area contributed by atoms with Crippen LogP contribution in [0.15, 0.2) is 41.8 Å². The molecule has 0 aliphatic carbocycles. The van der Waals surface area contributed by atoms with Crippen molar-refractivity contribution < 1.29 is 18.0 Å². The molecule has 1 aromatic heterocycles. The van der Waals surface area contributed by atoms with Crippen LogP contribution >= 0.6 is 23.1 Å². The molecule has 1 aromatic carbocycles. The van der Waals surface area contributed by atoms with Gasteiger partial charge in [0.2, 0.25) is 5.91 Å². The second-order valence-electron chi connectivity index (χ2n) is 5.15. The molecule has 7 heteroatoms. The Morgan fingerprint density at radius 3 is 2.70 bits per heavy atom. The largest absolute Gasteiger partial charge is 0.416 e. The first kappa shape index (κ1) is 16.4. The summed E-state index contributed by atoms with van der Waals surface area (Å²) in [6, 6.07) is 9.25. The van der Waals surface area contributed by atoms with Crippen molar-refractivity contribution in [1.82, 2.24) is 4.90 Å². The summed E-state index contributed by atoms with van der Waals surface area (Å²) in [5, 5.41) is 1.32. The maximum atomic E-state index is 13.2. The average molecular weight is 357 g/mol. The molecule has 122 valence electrons. The predicted octanol–water partition coefficient (Wildman–Crippen LogP) is 4.58. The van der Waals surface area contributed by atoms with Crippen LogP contribution in [0.2, 0.25) is 0 Å². The van der Waals surface area contributed by atoms with Crippen LogP contribution in [-0.4, -0.2) is 23.1 Å². The fourth-order valence-electron chi connectivity index (χ4n) is 2.62. The maximum Gasteiger partial charge on any atom is 0.416 e. The summed E-state index contributed by atoms with van der Waals surface area (Å²) >= 11 is 2.86. The Morgan fingerprint density at radius 1 is 1.22 bits per heavy atom. The third-order valence-electron chi connectivity index (χ3n) is 3.65. The van der Waals surface area contributed by atoms with Gasteiger partial charge < -0.3 is 4.90 Å². The van der Waals surface area contributed by atoms with E-state index in [1.54, 1.807) is 11.0 Å². The lowest BCUT2D eigenvalue weighted by Gasteiger charge is -2.26. The summed E-state index contributed by atoms with van der Waals surface area (Å²) in [7, 11) is 0. The van der Waals surface area contributed by atoms with Crippen LogP contribution in [0.1, 0.15) is 21.4 Å². The first-order chi connectivity index (χ1) is 11.0. The van der Waals surface area contributed by atoms with Gasteiger partial charge in [0.15, 0.2) is 0 Å². The van der Waals surface area contributed by atoms with Gasteiger partial charge in [-0.15, -0.1) is 23.1 Å². The summed E-state index contributed by atoms with van der Waals surface area (Å²) < 4.78 is 39.7. The number of hydrogen-bond acceptors (Lipinski definition) is 3. The van der Waals surface area contributed by atoms with E-state index >= 15 is 0 Å². The molecule has 0 radical (unpaired) electrons. The maximum absolute atomic E-state index is 13.2. The minimum absolute atomic E-state index is 0.126. The van der Waals surface area contributed by atoms with Gasteiger partial charge in [-0.2, -0.15) is 13.2 Å². The third-order valence-corrected chi connectivity index (χ3v) is 5.77. The Labute approximate surface area is 140 Å². The van der Waals surface area contributed by atoms with Crippen molar-refractivity contribution in [2.45, 2.75) is 18.0 Å². The second-order valence-corrected chi connectivity index (χ2v) is 7.37. The van der Waals surface area contributed by atoms with Gasteiger partial charge in [0.1, 0.15) is 5.37 Å². The highest BCUT2D eigenvalue weighted by atomic mass is 32.2. The monoisotopic (exact) mass is 357 g/mol. The van der Waals surface area contributed by atoms with E-state index in [0.29, 0.717) is 12.3 Å². The van der Waals surface area contributed by atoms with Gasteiger partial charge in [-0.3, -0.25) is 4.79 Å². The first-order valence-electron chi connectivity index (χ1n) is 7.06. The number of carbonyl (C=O) groups is 1. The Kier molecular flexibility index (Phi) is 4.68.